The predicted octanol–water partition coefficient (Wildman–Crippen LogP) is 2.42. The largest absolute Gasteiger partial charge is 0.396 e. The van der Waals surface area contributed by atoms with Gasteiger partial charge in [-0.25, -0.2) is 0 Å². The number of nitrogens with one attached hydrogen (secondary N) is 1. The first-order valence-corrected chi connectivity index (χ1v) is 5.87. The van der Waals surface area contributed by atoms with E-state index in [1.54, 1.807) is 0 Å². The highest BCUT2D eigenvalue weighted by Gasteiger charge is 2.16. The van der Waals surface area contributed by atoms with E-state index in [2.05, 4.69) is 33.0 Å². The maximum atomic E-state index is 8.87. The van der Waals surface area contributed by atoms with Gasteiger partial charge in [-0.2, -0.15) is 0 Å². The minimum absolute atomic E-state index is 0.223. The van der Waals surface area contributed by atoms with Crippen LogP contribution < -0.4 is 5.32 Å². The van der Waals surface area contributed by atoms with E-state index in [1.807, 2.05) is 0 Å². The number of aliphatic hydroxyl groups is 1. The summed E-state index contributed by atoms with van der Waals surface area (Å²) in [5.74, 6) is 0.805. The van der Waals surface area contributed by atoms with Crippen molar-refractivity contribution in [1.29, 1.82) is 0 Å². The van der Waals surface area contributed by atoms with Crippen LogP contribution in [0.4, 0.5) is 0 Å². The minimum Gasteiger partial charge on any atom is -0.396 e. The molecular formula is C12H27NO. The van der Waals surface area contributed by atoms with E-state index in [1.165, 1.54) is 12.8 Å². The molecule has 2 N–H and O–H groups in total. The zero-order valence-corrected chi connectivity index (χ0v) is 10.3. The van der Waals surface area contributed by atoms with E-state index in [0.29, 0.717) is 6.61 Å². The van der Waals surface area contributed by atoms with E-state index in [9.17, 15) is 0 Å². The highest BCUT2D eigenvalue weighted by molar-refractivity contribution is 4.72. The summed E-state index contributed by atoms with van der Waals surface area (Å²) < 4.78 is 0. The predicted molar refractivity (Wildman–Crippen MR) is 62.4 cm³/mol. The third-order valence-electron chi connectivity index (χ3n) is 2.98. The van der Waals surface area contributed by atoms with E-state index >= 15 is 0 Å². The Morgan fingerprint density at radius 2 is 1.79 bits per heavy atom. The summed E-state index contributed by atoms with van der Waals surface area (Å²) in [5.41, 5.74) is 0.223. The average Bonchev–Trinajstić information content (AvgIpc) is 2.12. The second kappa shape index (κ2) is 7.24. The molecule has 0 amide bonds. The molecule has 0 rings (SSSR count). The van der Waals surface area contributed by atoms with Gasteiger partial charge in [0.1, 0.15) is 0 Å². The monoisotopic (exact) mass is 201 g/mol. The first-order chi connectivity index (χ1) is 6.55. The first-order valence-electron chi connectivity index (χ1n) is 5.87. The molecule has 0 heterocycles. The maximum absolute atomic E-state index is 8.87. The summed E-state index contributed by atoms with van der Waals surface area (Å²) in [4.78, 5) is 0. The lowest BCUT2D eigenvalue weighted by atomic mass is 9.89. The molecule has 14 heavy (non-hydrogen) atoms. The molecule has 0 aliphatic carbocycles. The third kappa shape index (κ3) is 6.39. The lowest BCUT2D eigenvalue weighted by Crippen LogP contribution is -2.33. The molecular weight excluding hydrogens is 174 g/mol. The van der Waals surface area contributed by atoms with Gasteiger partial charge >= 0.3 is 0 Å². The van der Waals surface area contributed by atoms with Crippen LogP contribution in [0.2, 0.25) is 0 Å². The Labute approximate surface area is 89.1 Å². The highest BCUT2D eigenvalue weighted by Crippen LogP contribution is 2.18. The molecule has 0 bridgehead atoms. The van der Waals surface area contributed by atoms with Crippen LogP contribution in [0.5, 0.6) is 0 Å². The van der Waals surface area contributed by atoms with Crippen molar-refractivity contribution >= 4 is 0 Å². The van der Waals surface area contributed by atoms with Crippen LogP contribution in [0.3, 0.4) is 0 Å². The van der Waals surface area contributed by atoms with E-state index in [-0.39, 0.29) is 5.41 Å². The van der Waals surface area contributed by atoms with Crippen molar-refractivity contribution in [1.82, 2.24) is 5.32 Å². The number of rotatable bonds is 8. The van der Waals surface area contributed by atoms with Crippen molar-refractivity contribution in [2.24, 2.45) is 11.3 Å². The summed E-state index contributed by atoms with van der Waals surface area (Å²) in [6.07, 6.45) is 3.39. The fraction of sp³-hybridized carbons (Fsp3) is 1.00. The Morgan fingerprint density at radius 1 is 1.21 bits per heavy atom. The normalized spacial score (nSPS) is 12.4. The molecule has 0 aliphatic rings. The van der Waals surface area contributed by atoms with Gasteiger partial charge in [-0.15, -0.1) is 0 Å². The molecule has 0 aromatic heterocycles. The molecule has 0 radical (unpaired) electrons. The Balaban J connectivity index is 3.60. The van der Waals surface area contributed by atoms with Crippen molar-refractivity contribution in [3.63, 3.8) is 0 Å². The van der Waals surface area contributed by atoms with E-state index in [4.69, 9.17) is 5.11 Å². The molecule has 0 aromatic rings. The minimum atomic E-state index is 0.223. The van der Waals surface area contributed by atoms with Crippen molar-refractivity contribution in [2.45, 2.75) is 47.0 Å². The fourth-order valence-corrected chi connectivity index (χ4v) is 1.58. The summed E-state index contributed by atoms with van der Waals surface area (Å²) in [5, 5.41) is 12.4. The van der Waals surface area contributed by atoms with Crippen LogP contribution in [0.15, 0.2) is 0 Å². The van der Waals surface area contributed by atoms with Gasteiger partial charge in [0, 0.05) is 13.2 Å². The molecule has 0 saturated heterocycles. The molecule has 0 unspecified atom stereocenters. The Bertz CT molecular complexity index is 130. The summed E-state index contributed by atoms with van der Waals surface area (Å²) in [7, 11) is 0. The summed E-state index contributed by atoms with van der Waals surface area (Å²) >= 11 is 0. The van der Waals surface area contributed by atoms with E-state index < -0.39 is 0 Å². The Kier molecular flexibility index (Phi) is 7.20. The van der Waals surface area contributed by atoms with Crippen LogP contribution in [-0.4, -0.2) is 24.8 Å². The quantitative estimate of drug-likeness (QED) is 0.632. The standard InChI is InChI=1S/C12H27NO/c1-5-11(6-2)9-13-10-12(3,4)7-8-14/h11,13-14H,5-10H2,1-4H3. The molecule has 0 aromatic carbocycles. The van der Waals surface area contributed by atoms with Gasteiger partial charge in [0.15, 0.2) is 0 Å². The lowest BCUT2D eigenvalue weighted by Gasteiger charge is -2.25. The highest BCUT2D eigenvalue weighted by atomic mass is 16.3. The summed E-state index contributed by atoms with van der Waals surface area (Å²) in [6.45, 7) is 11.3. The van der Waals surface area contributed by atoms with Gasteiger partial charge in [-0.05, 0) is 24.3 Å². The first kappa shape index (κ1) is 13.9. The van der Waals surface area contributed by atoms with Gasteiger partial charge in [0.25, 0.3) is 0 Å². The second-order valence-electron chi connectivity index (χ2n) is 4.95. The zero-order valence-electron chi connectivity index (χ0n) is 10.3. The lowest BCUT2D eigenvalue weighted by molar-refractivity contribution is 0.205. The van der Waals surface area contributed by atoms with Crippen molar-refractivity contribution in [2.75, 3.05) is 19.7 Å². The maximum Gasteiger partial charge on any atom is 0.0436 e. The molecule has 2 heteroatoms. The average molecular weight is 201 g/mol. The number of hydrogen-bond donors (Lipinski definition) is 2. The molecule has 0 fully saturated rings. The van der Waals surface area contributed by atoms with Crippen molar-refractivity contribution < 1.29 is 5.11 Å². The molecule has 0 spiro atoms. The van der Waals surface area contributed by atoms with Gasteiger partial charge in [0.2, 0.25) is 0 Å². The van der Waals surface area contributed by atoms with Crippen LogP contribution in [-0.2, 0) is 0 Å². The van der Waals surface area contributed by atoms with E-state index in [0.717, 1.165) is 25.4 Å². The second-order valence-corrected chi connectivity index (χ2v) is 4.95. The molecule has 2 nitrogen and oxygen atoms in total. The molecule has 0 atom stereocenters. The Morgan fingerprint density at radius 3 is 2.21 bits per heavy atom. The van der Waals surface area contributed by atoms with Gasteiger partial charge in [-0.1, -0.05) is 40.5 Å². The smallest absolute Gasteiger partial charge is 0.0436 e. The van der Waals surface area contributed by atoms with Crippen LogP contribution in [0, 0.1) is 11.3 Å². The third-order valence-corrected chi connectivity index (χ3v) is 2.98. The SMILES string of the molecule is CCC(CC)CNCC(C)(C)CCO. The van der Waals surface area contributed by atoms with Crippen molar-refractivity contribution in [3.05, 3.63) is 0 Å². The zero-order chi connectivity index (χ0) is 11.0. The molecule has 0 aliphatic heterocycles. The number of aliphatic hydroxyl groups excluding tert-OH is 1. The Hall–Kier alpha value is -0.0800. The molecule has 0 saturated carbocycles. The number of hydrogen-bond acceptors (Lipinski definition) is 2. The van der Waals surface area contributed by atoms with Gasteiger partial charge in [0.05, 0.1) is 0 Å². The molecule has 86 valence electrons. The van der Waals surface area contributed by atoms with Crippen LogP contribution >= 0.6 is 0 Å². The summed E-state index contributed by atoms with van der Waals surface area (Å²) in [6, 6.07) is 0. The fourth-order valence-electron chi connectivity index (χ4n) is 1.58. The topological polar surface area (TPSA) is 32.3 Å². The van der Waals surface area contributed by atoms with Crippen LogP contribution in [0.1, 0.15) is 47.0 Å². The van der Waals surface area contributed by atoms with Gasteiger partial charge in [-0.3, -0.25) is 0 Å². The van der Waals surface area contributed by atoms with Crippen LogP contribution in [0.25, 0.3) is 0 Å². The van der Waals surface area contributed by atoms with Crippen molar-refractivity contribution in [3.8, 4) is 0 Å². The van der Waals surface area contributed by atoms with Gasteiger partial charge < -0.3 is 10.4 Å².